The maximum absolute atomic E-state index is 12.6. The van der Waals surface area contributed by atoms with E-state index in [1.165, 1.54) is 12.1 Å². The molecule has 0 saturated heterocycles. The summed E-state index contributed by atoms with van der Waals surface area (Å²) in [6.45, 7) is 1.60. The smallest absolute Gasteiger partial charge is 0.384 e. The highest BCUT2D eigenvalue weighted by molar-refractivity contribution is 6.51. The van der Waals surface area contributed by atoms with Crippen molar-refractivity contribution in [3.8, 4) is 0 Å². The van der Waals surface area contributed by atoms with Crippen molar-refractivity contribution in [3.63, 3.8) is 0 Å². The zero-order valence-electron chi connectivity index (χ0n) is 11.6. The molecule has 2 N–H and O–H groups in total. The van der Waals surface area contributed by atoms with E-state index in [2.05, 4.69) is 0 Å². The van der Waals surface area contributed by atoms with Crippen LogP contribution in [0.4, 0.5) is 13.2 Å². The van der Waals surface area contributed by atoms with E-state index in [4.69, 9.17) is 17.0 Å². The first-order valence-electron chi connectivity index (χ1n) is 5.97. The summed E-state index contributed by atoms with van der Waals surface area (Å²) in [5.41, 5.74) is -1.38. The van der Waals surface area contributed by atoms with Gasteiger partial charge < -0.3 is 5.32 Å². The third-order valence-corrected chi connectivity index (χ3v) is 3.16. The molecule has 1 aromatic carbocycles. The zero-order chi connectivity index (χ0) is 17.1. The molecule has 0 unspecified atom stereocenters. The maximum Gasteiger partial charge on any atom is 0.431 e. The Labute approximate surface area is 129 Å². The van der Waals surface area contributed by atoms with Gasteiger partial charge in [0.15, 0.2) is 0 Å². The number of rotatable bonds is 5. The Morgan fingerprint density at radius 1 is 1.36 bits per heavy atom. The molecule has 0 radical (unpaired) electrons. The number of carbonyl (C=O) groups excluding carboxylic acids is 2. The van der Waals surface area contributed by atoms with Crippen molar-refractivity contribution >= 4 is 29.4 Å². The second-order valence-corrected chi connectivity index (χ2v) is 4.76. The van der Waals surface area contributed by atoms with Crippen LogP contribution in [0.2, 0.25) is 5.02 Å². The number of halogens is 4. The number of hydrogen-bond acceptors (Lipinski definition) is 4. The van der Waals surface area contributed by atoms with Crippen LogP contribution >= 0.6 is 11.6 Å². The molecule has 0 bridgehead atoms. The lowest BCUT2D eigenvalue weighted by atomic mass is 10.00. The van der Waals surface area contributed by atoms with E-state index >= 15 is 0 Å². The van der Waals surface area contributed by atoms with Gasteiger partial charge in [0.1, 0.15) is 17.7 Å². The molecular weight excluding hydrogens is 321 g/mol. The topological polar surface area (TPSA) is 70.0 Å². The monoisotopic (exact) mass is 332 g/mol. The number of carbonyl (C=O) groups is 2. The molecule has 0 heterocycles. The SMILES string of the molecule is CN/C(=C\C(=O)C(=N)c1cc(C=O)c(C)cc1Cl)C(F)(F)F. The van der Waals surface area contributed by atoms with E-state index in [0.29, 0.717) is 11.8 Å². The second-order valence-electron chi connectivity index (χ2n) is 4.35. The molecule has 1 rings (SSSR count). The van der Waals surface area contributed by atoms with E-state index < -0.39 is 23.4 Å². The predicted molar refractivity (Wildman–Crippen MR) is 76.6 cm³/mol. The highest BCUT2D eigenvalue weighted by atomic mass is 35.5. The van der Waals surface area contributed by atoms with Gasteiger partial charge in [0.2, 0.25) is 5.78 Å². The van der Waals surface area contributed by atoms with E-state index in [1.54, 1.807) is 6.92 Å². The van der Waals surface area contributed by atoms with Gasteiger partial charge in [-0.3, -0.25) is 15.0 Å². The molecule has 0 spiro atoms. The summed E-state index contributed by atoms with van der Waals surface area (Å²) >= 11 is 5.89. The number of benzene rings is 1. The van der Waals surface area contributed by atoms with Crippen LogP contribution in [-0.4, -0.2) is 31.0 Å². The fourth-order valence-corrected chi connectivity index (χ4v) is 1.95. The van der Waals surface area contributed by atoms with Crippen LogP contribution in [0.15, 0.2) is 23.9 Å². The highest BCUT2D eigenvalue weighted by Gasteiger charge is 2.34. The van der Waals surface area contributed by atoms with Crippen molar-refractivity contribution in [3.05, 3.63) is 45.6 Å². The summed E-state index contributed by atoms with van der Waals surface area (Å²) in [5.74, 6) is -1.18. The molecule has 118 valence electrons. The number of aryl methyl sites for hydroxylation is 1. The van der Waals surface area contributed by atoms with Crippen molar-refractivity contribution in [2.75, 3.05) is 7.05 Å². The summed E-state index contributed by atoms with van der Waals surface area (Å²) in [6.07, 6.45) is -3.95. The first-order chi connectivity index (χ1) is 10.1. The number of allylic oxidation sites excluding steroid dienone is 2. The Balaban J connectivity index is 3.24. The molecule has 0 amide bonds. The summed E-state index contributed by atoms with van der Waals surface area (Å²) in [5, 5.41) is 9.56. The van der Waals surface area contributed by atoms with Gasteiger partial charge in [-0.15, -0.1) is 0 Å². The number of ketones is 1. The number of hydrogen-bond donors (Lipinski definition) is 2. The highest BCUT2D eigenvalue weighted by Crippen LogP contribution is 2.24. The average Bonchev–Trinajstić information content (AvgIpc) is 2.42. The van der Waals surface area contributed by atoms with Gasteiger partial charge in [-0.1, -0.05) is 11.6 Å². The van der Waals surface area contributed by atoms with Gasteiger partial charge >= 0.3 is 6.18 Å². The number of nitrogens with one attached hydrogen (secondary N) is 2. The van der Waals surface area contributed by atoms with E-state index in [1.807, 2.05) is 5.32 Å². The zero-order valence-corrected chi connectivity index (χ0v) is 12.4. The lowest BCUT2D eigenvalue weighted by molar-refractivity contribution is -0.111. The Morgan fingerprint density at radius 2 is 1.95 bits per heavy atom. The van der Waals surface area contributed by atoms with Crippen molar-refractivity contribution in [2.24, 2.45) is 0 Å². The molecule has 0 saturated carbocycles. The molecule has 0 fully saturated rings. The van der Waals surface area contributed by atoms with Gasteiger partial charge in [-0.25, -0.2) is 0 Å². The molecule has 0 aromatic heterocycles. The van der Waals surface area contributed by atoms with E-state index in [-0.39, 0.29) is 22.2 Å². The van der Waals surface area contributed by atoms with Gasteiger partial charge in [0, 0.05) is 24.3 Å². The molecule has 0 aliphatic rings. The van der Waals surface area contributed by atoms with Gasteiger partial charge in [-0.2, -0.15) is 13.2 Å². The van der Waals surface area contributed by atoms with Gasteiger partial charge in [0.25, 0.3) is 0 Å². The van der Waals surface area contributed by atoms with Crippen LogP contribution in [0.1, 0.15) is 21.5 Å². The van der Waals surface area contributed by atoms with Crippen LogP contribution in [-0.2, 0) is 4.79 Å². The largest absolute Gasteiger partial charge is 0.431 e. The molecule has 0 atom stereocenters. The Kier molecular flexibility index (Phi) is 5.48. The maximum atomic E-state index is 12.6. The van der Waals surface area contributed by atoms with Crippen LogP contribution in [0.5, 0.6) is 0 Å². The third kappa shape index (κ3) is 3.94. The molecule has 1 aromatic rings. The first-order valence-corrected chi connectivity index (χ1v) is 6.34. The Morgan fingerprint density at radius 3 is 2.41 bits per heavy atom. The van der Waals surface area contributed by atoms with Gasteiger partial charge in [-0.05, 0) is 24.6 Å². The third-order valence-electron chi connectivity index (χ3n) is 2.85. The number of aldehydes is 1. The van der Waals surface area contributed by atoms with Crippen LogP contribution in [0, 0.1) is 12.3 Å². The standard InChI is InChI=1S/C14H12ClF3N2O2/c1-7-3-10(15)9(4-8(7)6-21)13(19)11(22)5-12(20-2)14(16,17)18/h3-6,19-20H,1-2H3/b12-5-,19-13?. The first kappa shape index (κ1) is 17.9. The summed E-state index contributed by atoms with van der Waals surface area (Å²) in [6, 6.07) is 2.57. The number of alkyl halides is 3. The summed E-state index contributed by atoms with van der Waals surface area (Å²) in [7, 11) is 1.01. The molecule has 8 heteroatoms. The lowest BCUT2D eigenvalue weighted by Crippen LogP contribution is -2.26. The molecule has 22 heavy (non-hydrogen) atoms. The van der Waals surface area contributed by atoms with Crippen LogP contribution in [0.25, 0.3) is 0 Å². The average molecular weight is 333 g/mol. The lowest BCUT2D eigenvalue weighted by Gasteiger charge is -2.11. The molecule has 4 nitrogen and oxygen atoms in total. The van der Waals surface area contributed by atoms with Crippen LogP contribution < -0.4 is 5.32 Å². The summed E-state index contributed by atoms with van der Waals surface area (Å²) < 4.78 is 37.7. The Bertz CT molecular complexity index is 667. The fraction of sp³-hybridized carbons (Fsp3) is 0.214. The molecular formula is C14H12ClF3N2O2. The normalized spacial score (nSPS) is 12.0. The molecule has 0 aliphatic carbocycles. The van der Waals surface area contributed by atoms with E-state index in [9.17, 15) is 22.8 Å². The van der Waals surface area contributed by atoms with Gasteiger partial charge in [0.05, 0.1) is 5.02 Å². The van der Waals surface area contributed by atoms with Crippen LogP contribution in [0.3, 0.4) is 0 Å². The predicted octanol–water partition coefficient (Wildman–Crippen LogP) is 3.06. The van der Waals surface area contributed by atoms with Crippen molar-refractivity contribution in [1.29, 1.82) is 5.41 Å². The molecule has 0 aliphatic heterocycles. The van der Waals surface area contributed by atoms with Crippen molar-refractivity contribution in [2.45, 2.75) is 13.1 Å². The minimum absolute atomic E-state index is 0.00728. The van der Waals surface area contributed by atoms with E-state index in [0.717, 1.165) is 7.05 Å². The minimum Gasteiger partial charge on any atom is -0.384 e. The quantitative estimate of drug-likeness (QED) is 0.494. The summed E-state index contributed by atoms with van der Waals surface area (Å²) in [4.78, 5) is 22.7. The Hall–Kier alpha value is -2.15. The van der Waals surface area contributed by atoms with Crippen molar-refractivity contribution in [1.82, 2.24) is 5.32 Å². The van der Waals surface area contributed by atoms with Crippen molar-refractivity contribution < 1.29 is 22.8 Å². The fourth-order valence-electron chi connectivity index (χ4n) is 1.64. The second kappa shape index (κ2) is 6.74. The minimum atomic E-state index is -4.74.